The molecular formula is C25H18BrF2N. The molecular weight excluding hydrogens is 432 g/mol. The Kier molecular flexibility index (Phi) is 5.45. The molecule has 4 heteroatoms. The molecule has 0 aliphatic heterocycles. The van der Waals surface area contributed by atoms with Crippen LogP contribution in [0.4, 0.5) is 25.8 Å². The number of nitrogens with zero attached hydrogens (tertiary/aromatic N) is 1. The highest BCUT2D eigenvalue weighted by Gasteiger charge is 2.15. The predicted molar refractivity (Wildman–Crippen MR) is 119 cm³/mol. The molecule has 29 heavy (non-hydrogen) atoms. The quantitative estimate of drug-likeness (QED) is 0.303. The van der Waals surface area contributed by atoms with Crippen molar-refractivity contribution in [1.82, 2.24) is 0 Å². The van der Waals surface area contributed by atoms with Gasteiger partial charge in [-0.2, -0.15) is 0 Å². The van der Waals surface area contributed by atoms with Crippen LogP contribution in [0.2, 0.25) is 0 Å². The minimum absolute atomic E-state index is 0.435. The first kappa shape index (κ1) is 19.3. The normalized spacial score (nSPS) is 10.8. The molecule has 0 heterocycles. The molecule has 0 aliphatic carbocycles. The molecule has 0 saturated carbocycles. The maximum absolute atomic E-state index is 13.9. The van der Waals surface area contributed by atoms with Gasteiger partial charge in [0.25, 0.3) is 0 Å². The Morgan fingerprint density at radius 2 is 1.21 bits per heavy atom. The van der Waals surface area contributed by atoms with Crippen molar-refractivity contribution in [2.24, 2.45) is 0 Å². The summed E-state index contributed by atoms with van der Waals surface area (Å²) in [4.78, 5) is 1.85. The van der Waals surface area contributed by atoms with E-state index >= 15 is 0 Å². The third-order valence-corrected chi connectivity index (χ3v) is 5.20. The molecule has 4 aromatic carbocycles. The van der Waals surface area contributed by atoms with Gasteiger partial charge in [-0.1, -0.05) is 52.3 Å². The van der Waals surface area contributed by atoms with Gasteiger partial charge in [-0.25, -0.2) is 8.78 Å². The van der Waals surface area contributed by atoms with Crippen LogP contribution < -0.4 is 4.90 Å². The minimum atomic E-state index is -0.607. The number of rotatable bonds is 4. The third-order valence-electron chi connectivity index (χ3n) is 4.67. The van der Waals surface area contributed by atoms with Crippen molar-refractivity contribution in [3.63, 3.8) is 0 Å². The van der Waals surface area contributed by atoms with Crippen molar-refractivity contribution in [3.8, 4) is 11.1 Å². The van der Waals surface area contributed by atoms with E-state index in [-0.39, 0.29) is 0 Å². The number of hydrogen-bond acceptors (Lipinski definition) is 1. The summed E-state index contributed by atoms with van der Waals surface area (Å²) in [7, 11) is 0. The molecule has 0 aliphatic rings. The first-order valence-electron chi connectivity index (χ1n) is 9.18. The summed E-state index contributed by atoms with van der Waals surface area (Å²) in [6.07, 6.45) is 0. The summed E-state index contributed by atoms with van der Waals surface area (Å²) in [5.74, 6) is -1.21. The Morgan fingerprint density at radius 3 is 1.79 bits per heavy atom. The fourth-order valence-corrected chi connectivity index (χ4v) is 3.59. The molecule has 0 amide bonds. The first-order chi connectivity index (χ1) is 14.0. The number of hydrogen-bond donors (Lipinski definition) is 0. The van der Waals surface area contributed by atoms with Gasteiger partial charge >= 0.3 is 0 Å². The van der Waals surface area contributed by atoms with Crippen molar-refractivity contribution in [3.05, 3.63) is 113 Å². The Hall–Kier alpha value is -2.98. The van der Waals surface area contributed by atoms with Crippen molar-refractivity contribution < 1.29 is 8.78 Å². The van der Waals surface area contributed by atoms with E-state index < -0.39 is 11.6 Å². The van der Waals surface area contributed by atoms with E-state index in [0.717, 1.165) is 38.6 Å². The summed E-state index contributed by atoms with van der Waals surface area (Å²) in [5, 5.41) is 0. The van der Waals surface area contributed by atoms with Gasteiger partial charge in [-0.3, -0.25) is 0 Å². The zero-order valence-corrected chi connectivity index (χ0v) is 17.3. The van der Waals surface area contributed by atoms with E-state index in [1.807, 2.05) is 84.6 Å². The van der Waals surface area contributed by atoms with Gasteiger partial charge < -0.3 is 4.90 Å². The van der Waals surface area contributed by atoms with Gasteiger partial charge in [0.05, 0.1) is 5.69 Å². The van der Waals surface area contributed by atoms with Crippen LogP contribution in [0.1, 0.15) is 5.56 Å². The predicted octanol–water partition coefficient (Wildman–Crippen LogP) is 8.17. The SMILES string of the molecule is Cc1cccc(N(c2ccc(-c3ccc(Br)cc3)cc2)c2cc(F)cc(F)c2)c1. The van der Waals surface area contributed by atoms with E-state index in [1.54, 1.807) is 0 Å². The lowest BCUT2D eigenvalue weighted by molar-refractivity contribution is 0.584. The zero-order chi connectivity index (χ0) is 20.4. The molecule has 4 aromatic rings. The van der Waals surface area contributed by atoms with Crippen LogP contribution in [0.15, 0.2) is 95.5 Å². The van der Waals surface area contributed by atoms with Crippen LogP contribution in [-0.4, -0.2) is 0 Å². The van der Waals surface area contributed by atoms with E-state index in [1.165, 1.54) is 12.1 Å². The highest BCUT2D eigenvalue weighted by Crippen LogP contribution is 2.36. The van der Waals surface area contributed by atoms with Crippen LogP contribution in [0.5, 0.6) is 0 Å². The fraction of sp³-hybridized carbons (Fsp3) is 0.0400. The second-order valence-corrected chi connectivity index (χ2v) is 7.77. The lowest BCUT2D eigenvalue weighted by atomic mass is 10.0. The lowest BCUT2D eigenvalue weighted by Crippen LogP contribution is -2.10. The van der Waals surface area contributed by atoms with Gasteiger partial charge in [0, 0.05) is 21.9 Å². The highest BCUT2D eigenvalue weighted by molar-refractivity contribution is 9.10. The van der Waals surface area contributed by atoms with Crippen molar-refractivity contribution in [2.75, 3.05) is 4.90 Å². The maximum atomic E-state index is 13.9. The Morgan fingerprint density at radius 1 is 0.621 bits per heavy atom. The number of benzene rings is 4. The smallest absolute Gasteiger partial charge is 0.128 e. The number of halogens is 3. The topological polar surface area (TPSA) is 3.24 Å². The molecule has 0 spiro atoms. The summed E-state index contributed by atoms with van der Waals surface area (Å²) < 4.78 is 28.9. The average molecular weight is 450 g/mol. The van der Waals surface area contributed by atoms with Crippen LogP contribution in [0, 0.1) is 18.6 Å². The van der Waals surface area contributed by atoms with Crippen LogP contribution in [-0.2, 0) is 0 Å². The van der Waals surface area contributed by atoms with Crippen LogP contribution >= 0.6 is 15.9 Å². The standard InChI is InChI=1S/C25H18BrF2N/c1-17-3-2-4-24(13-17)29(25-15-21(27)14-22(28)16-25)23-11-7-19(8-12-23)18-5-9-20(26)10-6-18/h2-16H,1H3. The molecule has 0 saturated heterocycles. The maximum Gasteiger partial charge on any atom is 0.128 e. The Balaban J connectivity index is 1.79. The van der Waals surface area contributed by atoms with E-state index in [4.69, 9.17) is 0 Å². The van der Waals surface area contributed by atoms with Gasteiger partial charge in [0.1, 0.15) is 11.6 Å². The zero-order valence-electron chi connectivity index (χ0n) is 15.7. The fourth-order valence-electron chi connectivity index (χ4n) is 3.33. The molecule has 0 radical (unpaired) electrons. The largest absolute Gasteiger partial charge is 0.310 e. The van der Waals surface area contributed by atoms with E-state index in [9.17, 15) is 8.78 Å². The highest BCUT2D eigenvalue weighted by atomic mass is 79.9. The number of aryl methyl sites for hydroxylation is 1. The Labute approximate surface area is 177 Å². The molecule has 0 atom stereocenters. The van der Waals surface area contributed by atoms with Crippen molar-refractivity contribution in [2.45, 2.75) is 6.92 Å². The number of anilines is 3. The molecule has 0 N–H and O–H groups in total. The summed E-state index contributed by atoms with van der Waals surface area (Å²) >= 11 is 3.45. The second kappa shape index (κ2) is 8.18. The molecule has 0 aromatic heterocycles. The summed E-state index contributed by atoms with van der Waals surface area (Å²) in [6.45, 7) is 1.99. The first-order valence-corrected chi connectivity index (χ1v) is 9.98. The van der Waals surface area contributed by atoms with Gasteiger partial charge in [0.2, 0.25) is 0 Å². The molecule has 1 nitrogen and oxygen atoms in total. The molecule has 4 rings (SSSR count). The Bertz CT molecular complexity index is 1120. The molecule has 144 valence electrons. The van der Waals surface area contributed by atoms with Gasteiger partial charge in [-0.05, 0) is 72.1 Å². The van der Waals surface area contributed by atoms with Gasteiger partial charge in [0.15, 0.2) is 0 Å². The molecule has 0 unspecified atom stereocenters. The van der Waals surface area contributed by atoms with Crippen molar-refractivity contribution in [1.29, 1.82) is 0 Å². The van der Waals surface area contributed by atoms with Crippen LogP contribution in [0.3, 0.4) is 0 Å². The van der Waals surface area contributed by atoms with Crippen molar-refractivity contribution >= 4 is 33.0 Å². The monoisotopic (exact) mass is 449 g/mol. The minimum Gasteiger partial charge on any atom is -0.310 e. The molecule has 0 fully saturated rings. The van der Waals surface area contributed by atoms with Gasteiger partial charge in [-0.15, -0.1) is 0 Å². The summed E-state index contributed by atoms with van der Waals surface area (Å²) in [6, 6.07) is 27.4. The van der Waals surface area contributed by atoms with E-state index in [0.29, 0.717) is 5.69 Å². The lowest BCUT2D eigenvalue weighted by Gasteiger charge is -2.26. The third kappa shape index (κ3) is 4.38. The van der Waals surface area contributed by atoms with E-state index in [2.05, 4.69) is 15.9 Å². The molecule has 0 bridgehead atoms. The van der Waals surface area contributed by atoms with Crippen LogP contribution in [0.25, 0.3) is 11.1 Å². The second-order valence-electron chi connectivity index (χ2n) is 6.86. The average Bonchev–Trinajstić information content (AvgIpc) is 2.69. The summed E-state index contributed by atoms with van der Waals surface area (Å²) in [5.41, 5.74) is 5.32.